The highest BCUT2D eigenvalue weighted by Crippen LogP contribution is 2.24. The molecule has 1 aliphatic heterocycles. The Bertz CT molecular complexity index is 1540. The Labute approximate surface area is 212 Å². The molecule has 37 heavy (non-hydrogen) atoms. The zero-order chi connectivity index (χ0) is 25.4. The van der Waals surface area contributed by atoms with E-state index in [0.29, 0.717) is 29.4 Å². The number of nitrogen functional groups attached to an aromatic ring is 1. The molecule has 0 saturated carbocycles. The number of hydrogen-bond acceptors (Lipinski definition) is 10. The van der Waals surface area contributed by atoms with Gasteiger partial charge in [-0.25, -0.2) is 9.67 Å². The number of anilines is 2. The first-order chi connectivity index (χ1) is 18.1. The largest absolute Gasteiger partial charge is 0.461 e. The smallest absolute Gasteiger partial charge is 0.225 e. The maximum atomic E-state index is 6.22. The van der Waals surface area contributed by atoms with Crippen LogP contribution < -0.4 is 10.6 Å². The standard InChI is InChI=1S/C25H28N10O2/c1-17(31-36-2)18-5-7-19(8-6-18)33-12-9-32(10-13-33)11-14-34-23-20(16-27-34)24-28-22(21-4-3-15-37-21)30-35(24)25(26)29-23/h3-8,15-16H,9-14H2,1-2H3,(H2,26,29)/b31-17+. The zero-order valence-electron chi connectivity index (χ0n) is 20.8. The van der Waals surface area contributed by atoms with Crippen molar-refractivity contribution in [3.8, 4) is 11.6 Å². The molecular weight excluding hydrogens is 472 g/mol. The van der Waals surface area contributed by atoms with Crippen LogP contribution in [0.25, 0.3) is 28.3 Å². The van der Waals surface area contributed by atoms with Gasteiger partial charge in [-0.1, -0.05) is 17.3 Å². The molecule has 0 unspecified atom stereocenters. The van der Waals surface area contributed by atoms with Gasteiger partial charge in [0.15, 0.2) is 17.1 Å². The summed E-state index contributed by atoms with van der Waals surface area (Å²) < 4.78 is 8.85. The average Bonchev–Trinajstić information content (AvgIpc) is 3.68. The Morgan fingerprint density at radius 2 is 1.86 bits per heavy atom. The lowest BCUT2D eigenvalue weighted by atomic mass is 10.1. The van der Waals surface area contributed by atoms with E-state index >= 15 is 0 Å². The van der Waals surface area contributed by atoms with Crippen LogP contribution in [-0.4, -0.2) is 79.8 Å². The molecule has 12 nitrogen and oxygen atoms in total. The van der Waals surface area contributed by atoms with Gasteiger partial charge >= 0.3 is 0 Å². The van der Waals surface area contributed by atoms with Gasteiger partial charge in [-0.3, -0.25) is 4.90 Å². The highest BCUT2D eigenvalue weighted by Gasteiger charge is 2.20. The van der Waals surface area contributed by atoms with E-state index in [1.165, 1.54) is 10.2 Å². The van der Waals surface area contributed by atoms with Gasteiger partial charge < -0.3 is 19.9 Å². The van der Waals surface area contributed by atoms with Crippen molar-refractivity contribution in [1.29, 1.82) is 0 Å². The van der Waals surface area contributed by atoms with Gasteiger partial charge in [-0.05, 0) is 36.8 Å². The van der Waals surface area contributed by atoms with Gasteiger partial charge in [0.1, 0.15) is 7.11 Å². The van der Waals surface area contributed by atoms with Crippen molar-refractivity contribution >= 4 is 34.0 Å². The molecule has 2 N–H and O–H groups in total. The van der Waals surface area contributed by atoms with E-state index in [-0.39, 0.29) is 5.95 Å². The molecule has 4 aromatic heterocycles. The quantitative estimate of drug-likeness (QED) is 0.265. The van der Waals surface area contributed by atoms with Gasteiger partial charge in [0.05, 0.1) is 30.1 Å². The summed E-state index contributed by atoms with van der Waals surface area (Å²) in [5.41, 5.74) is 10.7. The minimum absolute atomic E-state index is 0.262. The van der Waals surface area contributed by atoms with Crippen LogP contribution in [0.2, 0.25) is 0 Å². The molecule has 0 bridgehead atoms. The molecule has 190 valence electrons. The van der Waals surface area contributed by atoms with E-state index in [2.05, 4.69) is 59.4 Å². The molecule has 0 atom stereocenters. The van der Waals surface area contributed by atoms with Crippen molar-refractivity contribution in [2.45, 2.75) is 13.5 Å². The minimum atomic E-state index is 0.262. The van der Waals surface area contributed by atoms with Crippen molar-refractivity contribution in [1.82, 2.24) is 34.3 Å². The fourth-order valence-corrected chi connectivity index (χ4v) is 4.70. The SMILES string of the molecule is CO/N=C(\C)c1ccc(N2CCN(CCn3ncc4c3nc(N)n3nc(-c5ccco5)nc43)CC2)cc1. The van der Waals surface area contributed by atoms with E-state index in [1.807, 2.05) is 17.7 Å². The predicted molar refractivity (Wildman–Crippen MR) is 141 cm³/mol. The molecule has 6 rings (SSSR count). The lowest BCUT2D eigenvalue weighted by molar-refractivity contribution is 0.213. The summed E-state index contributed by atoms with van der Waals surface area (Å²) in [6.07, 6.45) is 3.37. The molecule has 0 aliphatic carbocycles. The summed E-state index contributed by atoms with van der Waals surface area (Å²) in [5, 5.41) is 13.8. The van der Waals surface area contributed by atoms with E-state index < -0.39 is 0 Å². The highest BCUT2D eigenvalue weighted by molar-refractivity contribution is 5.98. The zero-order valence-corrected chi connectivity index (χ0v) is 20.8. The molecule has 1 aliphatic rings. The number of fused-ring (bicyclic) bond motifs is 3. The number of oxime groups is 1. The monoisotopic (exact) mass is 500 g/mol. The number of nitrogens with zero attached hydrogens (tertiary/aromatic N) is 9. The van der Waals surface area contributed by atoms with Crippen molar-refractivity contribution in [2.75, 3.05) is 50.5 Å². The van der Waals surface area contributed by atoms with E-state index in [0.717, 1.165) is 49.4 Å². The molecule has 0 amide bonds. The Morgan fingerprint density at radius 1 is 1.05 bits per heavy atom. The maximum absolute atomic E-state index is 6.22. The van der Waals surface area contributed by atoms with Crippen LogP contribution in [0.4, 0.5) is 11.6 Å². The lowest BCUT2D eigenvalue weighted by Gasteiger charge is -2.36. The van der Waals surface area contributed by atoms with E-state index in [1.54, 1.807) is 25.6 Å². The normalized spacial score (nSPS) is 15.2. The minimum Gasteiger partial charge on any atom is -0.461 e. The van der Waals surface area contributed by atoms with Crippen molar-refractivity contribution < 1.29 is 9.25 Å². The second-order valence-electron chi connectivity index (χ2n) is 8.96. The summed E-state index contributed by atoms with van der Waals surface area (Å²) in [6.45, 7) is 7.39. The van der Waals surface area contributed by atoms with Gasteiger partial charge in [0.25, 0.3) is 0 Å². The molecule has 0 radical (unpaired) electrons. The summed E-state index contributed by atoms with van der Waals surface area (Å²) in [7, 11) is 1.56. The first kappa shape index (κ1) is 23.0. The topological polar surface area (TPSA) is 128 Å². The van der Waals surface area contributed by atoms with E-state index in [9.17, 15) is 0 Å². The highest BCUT2D eigenvalue weighted by atomic mass is 16.6. The van der Waals surface area contributed by atoms with Crippen molar-refractivity contribution in [3.63, 3.8) is 0 Å². The Morgan fingerprint density at radius 3 is 2.59 bits per heavy atom. The third-order valence-electron chi connectivity index (χ3n) is 6.72. The Hall–Kier alpha value is -4.45. The number of hydrogen-bond donors (Lipinski definition) is 1. The van der Waals surface area contributed by atoms with Gasteiger partial charge in [0, 0.05) is 38.4 Å². The first-order valence-corrected chi connectivity index (χ1v) is 12.2. The molecule has 1 aromatic carbocycles. The van der Waals surface area contributed by atoms with Crippen LogP contribution in [-0.2, 0) is 11.4 Å². The fraction of sp³-hybridized carbons (Fsp3) is 0.320. The maximum Gasteiger partial charge on any atom is 0.225 e. The van der Waals surface area contributed by atoms with Gasteiger partial charge in [-0.2, -0.15) is 14.6 Å². The van der Waals surface area contributed by atoms with Crippen LogP contribution in [0.5, 0.6) is 0 Å². The molecule has 1 saturated heterocycles. The molecule has 5 aromatic rings. The van der Waals surface area contributed by atoms with Gasteiger partial charge in [-0.15, -0.1) is 5.10 Å². The average molecular weight is 501 g/mol. The van der Waals surface area contributed by atoms with Crippen LogP contribution >= 0.6 is 0 Å². The number of nitrogens with two attached hydrogens (primary N) is 1. The molecule has 1 fully saturated rings. The van der Waals surface area contributed by atoms with E-state index in [4.69, 9.17) is 15.0 Å². The van der Waals surface area contributed by atoms with Crippen LogP contribution in [0.3, 0.4) is 0 Å². The lowest BCUT2D eigenvalue weighted by Crippen LogP contribution is -2.47. The second kappa shape index (κ2) is 9.54. The number of furan rings is 1. The number of benzene rings is 1. The number of aromatic nitrogens is 6. The fourth-order valence-electron chi connectivity index (χ4n) is 4.70. The van der Waals surface area contributed by atoms with Crippen molar-refractivity contribution in [3.05, 3.63) is 54.4 Å². The third kappa shape index (κ3) is 4.35. The second-order valence-corrected chi connectivity index (χ2v) is 8.96. The molecule has 0 spiro atoms. The Balaban J connectivity index is 1.11. The number of piperazine rings is 1. The molecule has 5 heterocycles. The van der Waals surface area contributed by atoms with Crippen LogP contribution in [0.1, 0.15) is 12.5 Å². The number of rotatable bonds is 7. The first-order valence-electron chi connectivity index (χ1n) is 12.2. The van der Waals surface area contributed by atoms with Crippen LogP contribution in [0.15, 0.2) is 58.4 Å². The predicted octanol–water partition coefficient (Wildman–Crippen LogP) is 2.51. The summed E-state index contributed by atoms with van der Waals surface area (Å²) in [5.74, 6) is 1.30. The molecular formula is C25H28N10O2. The molecule has 12 heteroatoms. The summed E-state index contributed by atoms with van der Waals surface area (Å²) in [6, 6.07) is 12.1. The summed E-state index contributed by atoms with van der Waals surface area (Å²) >= 11 is 0. The Kier molecular flexibility index (Phi) is 5.93. The van der Waals surface area contributed by atoms with Crippen molar-refractivity contribution in [2.24, 2.45) is 5.16 Å². The third-order valence-corrected chi connectivity index (χ3v) is 6.72. The summed E-state index contributed by atoms with van der Waals surface area (Å²) in [4.78, 5) is 18.9. The van der Waals surface area contributed by atoms with Crippen LogP contribution in [0, 0.1) is 0 Å². The van der Waals surface area contributed by atoms with Gasteiger partial charge in [0.2, 0.25) is 11.8 Å².